The predicted molar refractivity (Wildman–Crippen MR) is 115 cm³/mol. The van der Waals surface area contributed by atoms with Crippen LogP contribution >= 0.6 is 23.2 Å². The van der Waals surface area contributed by atoms with E-state index in [1.165, 1.54) is 20.0 Å². The number of H-pyrrole nitrogens is 1. The standard InChI is InChI=1S/C16H14Cl2N4.C4H8O3/c17-11-5-13-12(10-8-19-20-9-10)7-15(22-3-1-2-4-22)21-16(13)14(18)6-11;1-7-3-2-4(5)6/h5-9H,1-4H2,(H,19,20);2-3H2,1H3,(H,5,6). The van der Waals surface area contributed by atoms with Gasteiger partial charge in [-0.1, -0.05) is 23.2 Å². The van der Waals surface area contributed by atoms with E-state index in [1.807, 2.05) is 12.3 Å². The Balaban J connectivity index is 0.000000298. The first-order valence-corrected chi connectivity index (χ1v) is 10.00. The number of pyridine rings is 1. The molecule has 0 saturated carbocycles. The van der Waals surface area contributed by atoms with E-state index >= 15 is 0 Å². The third kappa shape index (κ3) is 5.38. The summed E-state index contributed by atoms with van der Waals surface area (Å²) in [5.74, 6) is 0.146. The predicted octanol–water partition coefficient (Wildman–Crippen LogP) is 4.64. The molecule has 0 atom stereocenters. The van der Waals surface area contributed by atoms with Crippen LogP contribution in [0, 0.1) is 0 Å². The van der Waals surface area contributed by atoms with Crippen LogP contribution in [0.5, 0.6) is 0 Å². The molecule has 9 heteroatoms. The number of hydrogen-bond acceptors (Lipinski definition) is 5. The maximum atomic E-state index is 9.68. The zero-order valence-corrected chi connectivity index (χ0v) is 17.5. The van der Waals surface area contributed by atoms with Crippen LogP contribution in [0.15, 0.2) is 30.6 Å². The highest BCUT2D eigenvalue weighted by Gasteiger charge is 2.18. The molecule has 3 aromatic rings. The minimum absolute atomic E-state index is 0.0938. The van der Waals surface area contributed by atoms with Gasteiger partial charge in [-0.3, -0.25) is 9.89 Å². The third-order valence-electron chi connectivity index (χ3n) is 4.58. The Morgan fingerprint density at radius 1 is 1.28 bits per heavy atom. The third-order valence-corrected chi connectivity index (χ3v) is 5.08. The average Bonchev–Trinajstić information content (AvgIpc) is 3.40. The van der Waals surface area contributed by atoms with Crippen molar-refractivity contribution in [2.45, 2.75) is 19.3 Å². The van der Waals surface area contributed by atoms with Gasteiger partial charge in [0.1, 0.15) is 5.82 Å². The summed E-state index contributed by atoms with van der Waals surface area (Å²) in [7, 11) is 1.48. The molecule has 1 aliphatic rings. The first-order valence-electron chi connectivity index (χ1n) is 9.24. The fraction of sp³-hybridized carbons (Fsp3) is 0.350. The molecule has 2 aromatic heterocycles. The van der Waals surface area contributed by atoms with Gasteiger partial charge >= 0.3 is 5.97 Å². The first-order chi connectivity index (χ1) is 14.0. The summed E-state index contributed by atoms with van der Waals surface area (Å²) in [6.45, 7) is 2.37. The van der Waals surface area contributed by atoms with Crippen LogP contribution in [0.1, 0.15) is 19.3 Å². The second-order valence-corrected chi connectivity index (χ2v) is 7.47. The van der Waals surface area contributed by atoms with Crippen LogP contribution in [-0.4, -0.2) is 53.1 Å². The number of carboxylic acids is 1. The number of nitrogens with zero attached hydrogens (tertiary/aromatic N) is 3. The molecule has 0 spiro atoms. The molecule has 1 fully saturated rings. The van der Waals surface area contributed by atoms with Crippen molar-refractivity contribution in [2.75, 3.05) is 31.7 Å². The van der Waals surface area contributed by atoms with Crippen molar-refractivity contribution in [1.29, 1.82) is 0 Å². The highest BCUT2D eigenvalue weighted by atomic mass is 35.5. The van der Waals surface area contributed by atoms with E-state index in [0.717, 1.165) is 40.9 Å². The highest BCUT2D eigenvalue weighted by Crippen LogP contribution is 2.36. The van der Waals surface area contributed by atoms with E-state index in [9.17, 15) is 4.79 Å². The first kappa shape index (κ1) is 21.4. The van der Waals surface area contributed by atoms with Gasteiger partial charge in [-0.15, -0.1) is 0 Å². The number of carboxylic acid groups (broad SMARTS) is 1. The molecule has 0 unspecified atom stereocenters. The van der Waals surface area contributed by atoms with Gasteiger partial charge in [0, 0.05) is 42.4 Å². The number of ether oxygens (including phenoxy) is 1. The van der Waals surface area contributed by atoms with Crippen molar-refractivity contribution in [2.24, 2.45) is 0 Å². The number of anilines is 1. The number of aliphatic carboxylic acids is 1. The Morgan fingerprint density at radius 3 is 2.62 bits per heavy atom. The van der Waals surface area contributed by atoms with Crippen molar-refractivity contribution in [3.63, 3.8) is 0 Å². The summed E-state index contributed by atoms with van der Waals surface area (Å²) >= 11 is 12.6. The van der Waals surface area contributed by atoms with Gasteiger partial charge in [-0.2, -0.15) is 5.10 Å². The van der Waals surface area contributed by atoms with Gasteiger partial charge in [0.25, 0.3) is 0 Å². The summed E-state index contributed by atoms with van der Waals surface area (Å²) in [5, 5.41) is 17.0. The number of hydrogen-bond donors (Lipinski definition) is 2. The largest absolute Gasteiger partial charge is 0.481 e. The van der Waals surface area contributed by atoms with E-state index in [1.54, 1.807) is 12.3 Å². The number of benzene rings is 1. The van der Waals surface area contributed by atoms with Crippen LogP contribution in [0.3, 0.4) is 0 Å². The zero-order chi connectivity index (χ0) is 20.8. The van der Waals surface area contributed by atoms with Gasteiger partial charge in [0.2, 0.25) is 0 Å². The minimum Gasteiger partial charge on any atom is -0.481 e. The molecular weight excluding hydrogens is 415 g/mol. The van der Waals surface area contributed by atoms with Crippen LogP contribution in [0.25, 0.3) is 22.0 Å². The monoisotopic (exact) mass is 436 g/mol. The molecule has 4 rings (SSSR count). The number of fused-ring (bicyclic) bond motifs is 1. The SMILES string of the molecule is COCCC(=O)O.Clc1cc(Cl)c2nc(N3CCCC3)cc(-c3cn[nH]c3)c2c1. The average molecular weight is 437 g/mol. The number of aromatic nitrogens is 3. The molecule has 1 aliphatic heterocycles. The maximum absolute atomic E-state index is 9.68. The molecule has 7 nitrogen and oxygen atoms in total. The van der Waals surface area contributed by atoms with E-state index in [-0.39, 0.29) is 6.42 Å². The zero-order valence-electron chi connectivity index (χ0n) is 16.0. The van der Waals surface area contributed by atoms with Crippen molar-refractivity contribution in [3.05, 3.63) is 40.6 Å². The topological polar surface area (TPSA) is 91.3 Å². The van der Waals surface area contributed by atoms with Crippen LogP contribution in [0.2, 0.25) is 10.0 Å². The number of carbonyl (C=O) groups is 1. The second-order valence-electron chi connectivity index (χ2n) is 6.63. The number of nitrogens with one attached hydrogen (secondary N) is 1. The molecule has 2 N–H and O–H groups in total. The molecule has 1 aromatic carbocycles. The summed E-state index contributed by atoms with van der Waals surface area (Å²) in [6, 6.07) is 5.75. The Bertz CT molecular complexity index is 974. The molecular formula is C20H22Cl2N4O3. The molecule has 0 bridgehead atoms. The highest BCUT2D eigenvalue weighted by molar-refractivity contribution is 6.38. The molecule has 154 valence electrons. The summed E-state index contributed by atoms with van der Waals surface area (Å²) < 4.78 is 4.47. The lowest BCUT2D eigenvalue weighted by Gasteiger charge is -2.19. The van der Waals surface area contributed by atoms with Crippen molar-refractivity contribution in [1.82, 2.24) is 15.2 Å². The van der Waals surface area contributed by atoms with Gasteiger partial charge in [-0.25, -0.2) is 4.98 Å². The summed E-state index contributed by atoms with van der Waals surface area (Å²) in [6.07, 6.45) is 6.18. The number of methoxy groups -OCH3 is 1. The van der Waals surface area contributed by atoms with Crippen LogP contribution in [0.4, 0.5) is 5.82 Å². The van der Waals surface area contributed by atoms with Crippen LogP contribution in [-0.2, 0) is 9.53 Å². The number of halogens is 2. The molecule has 1 saturated heterocycles. The normalized spacial score (nSPS) is 13.4. The lowest BCUT2D eigenvalue weighted by atomic mass is 10.0. The maximum Gasteiger partial charge on any atom is 0.305 e. The van der Waals surface area contributed by atoms with E-state index in [0.29, 0.717) is 16.7 Å². The fourth-order valence-corrected chi connectivity index (χ4v) is 3.71. The van der Waals surface area contributed by atoms with Crippen LogP contribution < -0.4 is 4.90 Å². The Hall–Kier alpha value is -2.35. The molecule has 0 aliphatic carbocycles. The van der Waals surface area contributed by atoms with Gasteiger partial charge < -0.3 is 14.7 Å². The molecule has 0 radical (unpaired) electrons. The Labute approximate surface area is 178 Å². The van der Waals surface area contributed by atoms with E-state index in [2.05, 4.69) is 25.9 Å². The molecule has 29 heavy (non-hydrogen) atoms. The van der Waals surface area contributed by atoms with Crippen molar-refractivity contribution in [3.8, 4) is 11.1 Å². The lowest BCUT2D eigenvalue weighted by molar-refractivity contribution is -0.137. The van der Waals surface area contributed by atoms with E-state index < -0.39 is 5.97 Å². The van der Waals surface area contributed by atoms with E-state index in [4.69, 9.17) is 33.3 Å². The Morgan fingerprint density at radius 2 is 2.03 bits per heavy atom. The van der Waals surface area contributed by atoms with Gasteiger partial charge in [-0.05, 0) is 36.6 Å². The van der Waals surface area contributed by atoms with Crippen molar-refractivity contribution >= 4 is 45.9 Å². The second kappa shape index (κ2) is 9.91. The smallest absolute Gasteiger partial charge is 0.305 e. The molecule has 0 amide bonds. The van der Waals surface area contributed by atoms with Gasteiger partial charge in [0.15, 0.2) is 0 Å². The minimum atomic E-state index is -0.818. The quantitative estimate of drug-likeness (QED) is 0.605. The summed E-state index contributed by atoms with van der Waals surface area (Å²) in [5.41, 5.74) is 2.84. The number of aromatic amines is 1. The fourth-order valence-electron chi connectivity index (χ4n) is 3.17. The lowest BCUT2D eigenvalue weighted by Crippen LogP contribution is -2.19. The molecule has 3 heterocycles. The van der Waals surface area contributed by atoms with Crippen molar-refractivity contribution < 1.29 is 14.6 Å². The summed E-state index contributed by atoms with van der Waals surface area (Å²) in [4.78, 5) is 16.8. The van der Waals surface area contributed by atoms with Gasteiger partial charge in [0.05, 0.1) is 29.8 Å². The Kier molecular flexibility index (Phi) is 7.30. The number of rotatable bonds is 5.